The number of carbonyl (C=O) groups is 1. The Kier molecular flexibility index (Phi) is 8.02. The molecule has 3 aromatic carbocycles. The molecule has 33 heavy (non-hydrogen) atoms. The third-order valence-electron chi connectivity index (χ3n) is 5.31. The molecular weight excluding hydrogens is 502 g/mol. The van der Waals surface area contributed by atoms with Crippen molar-refractivity contribution in [2.75, 3.05) is 13.2 Å². The van der Waals surface area contributed by atoms with Gasteiger partial charge in [-0.3, -0.25) is 4.79 Å². The lowest BCUT2D eigenvalue weighted by molar-refractivity contribution is 0.0953. The van der Waals surface area contributed by atoms with Crippen LogP contribution in [0.1, 0.15) is 29.0 Å². The number of hydrogen-bond acceptors (Lipinski definition) is 3. The molecule has 0 aliphatic heterocycles. The summed E-state index contributed by atoms with van der Waals surface area (Å²) in [6.45, 7) is 2.02. The zero-order chi connectivity index (χ0) is 23.0. The fraction of sp³-hybridized carbons (Fsp3) is 0.231. The van der Waals surface area contributed by atoms with Gasteiger partial charge < -0.3 is 14.6 Å². The predicted octanol–water partition coefficient (Wildman–Crippen LogP) is 6.28. The maximum Gasteiger partial charge on any atom is 0.251 e. The van der Waals surface area contributed by atoms with Crippen molar-refractivity contribution in [2.24, 2.45) is 0 Å². The molecule has 0 fully saturated rings. The summed E-state index contributed by atoms with van der Waals surface area (Å²) in [4.78, 5) is 17.2. The Bertz CT molecular complexity index is 1210. The Morgan fingerprint density at radius 2 is 1.76 bits per heavy atom. The van der Waals surface area contributed by atoms with Gasteiger partial charge in [-0.15, -0.1) is 0 Å². The predicted molar refractivity (Wildman–Crippen MR) is 136 cm³/mol. The first kappa shape index (κ1) is 23.3. The van der Waals surface area contributed by atoms with E-state index in [1.807, 2.05) is 66.7 Å². The van der Waals surface area contributed by atoms with E-state index in [-0.39, 0.29) is 5.91 Å². The maximum absolute atomic E-state index is 12.3. The molecule has 7 heteroatoms. The first-order chi connectivity index (χ1) is 16.1. The fourth-order valence-corrected chi connectivity index (χ4v) is 4.05. The van der Waals surface area contributed by atoms with Crippen molar-refractivity contribution < 1.29 is 9.53 Å². The summed E-state index contributed by atoms with van der Waals surface area (Å²) in [7, 11) is 0. The molecule has 170 valence electrons. The Morgan fingerprint density at radius 3 is 2.55 bits per heavy atom. The van der Waals surface area contributed by atoms with Gasteiger partial charge in [0.1, 0.15) is 11.6 Å². The Morgan fingerprint density at radius 1 is 1.00 bits per heavy atom. The molecule has 0 aliphatic rings. The molecule has 0 bridgehead atoms. The van der Waals surface area contributed by atoms with E-state index in [1.165, 1.54) is 0 Å². The van der Waals surface area contributed by atoms with E-state index in [1.54, 1.807) is 0 Å². The number of imidazole rings is 1. The zero-order valence-corrected chi connectivity index (χ0v) is 20.5. The van der Waals surface area contributed by atoms with Crippen molar-refractivity contribution >= 4 is 44.5 Å². The normalized spacial score (nSPS) is 11.0. The number of aromatic nitrogens is 2. The number of ether oxygens (including phenoxy) is 1. The van der Waals surface area contributed by atoms with Crippen LogP contribution in [-0.2, 0) is 13.0 Å². The number of nitrogens with zero attached hydrogens (tertiary/aromatic N) is 2. The van der Waals surface area contributed by atoms with E-state index in [0.717, 1.165) is 52.9 Å². The number of aryl methyl sites for hydroxylation is 2. The molecule has 0 radical (unpaired) electrons. The highest BCUT2D eigenvalue weighted by atomic mass is 79.9. The van der Waals surface area contributed by atoms with Gasteiger partial charge >= 0.3 is 0 Å². The summed E-state index contributed by atoms with van der Waals surface area (Å²) >= 11 is 9.32. The third kappa shape index (κ3) is 6.36. The van der Waals surface area contributed by atoms with Crippen molar-refractivity contribution in [3.05, 3.63) is 93.7 Å². The van der Waals surface area contributed by atoms with Crippen molar-refractivity contribution in [3.8, 4) is 5.75 Å². The second-order valence-electron chi connectivity index (χ2n) is 7.69. The van der Waals surface area contributed by atoms with Crippen LogP contribution in [0.2, 0.25) is 5.02 Å². The molecule has 0 atom stereocenters. The van der Waals surface area contributed by atoms with Crippen molar-refractivity contribution in [2.45, 2.75) is 25.8 Å². The van der Waals surface area contributed by atoms with Crippen LogP contribution < -0.4 is 10.1 Å². The summed E-state index contributed by atoms with van der Waals surface area (Å²) in [5.41, 5.74) is 2.77. The standard InChI is InChI=1S/C26H25BrClN3O2/c27-20-10-8-19(9-11-20)26(32)29-16-3-7-25-30-23-5-1-2-6-24(23)31(25)17-4-18-33-22-14-12-21(28)13-15-22/h1-2,5-6,8-15H,3-4,7,16-18H2,(H,29,32). The first-order valence-corrected chi connectivity index (χ1v) is 12.1. The molecule has 4 rings (SSSR count). The molecule has 1 N–H and O–H groups in total. The largest absolute Gasteiger partial charge is 0.494 e. The van der Waals surface area contributed by atoms with E-state index in [0.29, 0.717) is 23.7 Å². The average molecular weight is 527 g/mol. The molecular formula is C26H25BrClN3O2. The molecule has 1 heterocycles. The molecule has 5 nitrogen and oxygen atoms in total. The monoisotopic (exact) mass is 525 g/mol. The number of amides is 1. The second kappa shape index (κ2) is 11.3. The lowest BCUT2D eigenvalue weighted by Gasteiger charge is -2.11. The van der Waals surface area contributed by atoms with Crippen LogP contribution in [0, 0.1) is 0 Å². The highest BCUT2D eigenvalue weighted by molar-refractivity contribution is 9.10. The summed E-state index contributed by atoms with van der Waals surface area (Å²) in [5, 5.41) is 3.69. The highest BCUT2D eigenvalue weighted by Gasteiger charge is 2.11. The van der Waals surface area contributed by atoms with Gasteiger partial charge in [-0.1, -0.05) is 39.7 Å². The van der Waals surface area contributed by atoms with E-state index in [9.17, 15) is 4.79 Å². The zero-order valence-electron chi connectivity index (χ0n) is 18.1. The van der Waals surface area contributed by atoms with Crippen LogP contribution in [-0.4, -0.2) is 28.6 Å². The SMILES string of the molecule is O=C(NCCCc1nc2ccccc2n1CCCOc1ccc(Cl)cc1)c1ccc(Br)cc1. The Balaban J connectivity index is 1.32. The molecule has 1 aromatic heterocycles. The molecule has 1 amide bonds. The number of benzene rings is 3. The van der Waals surface area contributed by atoms with Gasteiger partial charge in [0.25, 0.3) is 5.91 Å². The van der Waals surface area contributed by atoms with Crippen LogP contribution >= 0.6 is 27.5 Å². The van der Waals surface area contributed by atoms with Crippen LogP contribution in [0.3, 0.4) is 0 Å². The van der Waals surface area contributed by atoms with E-state index >= 15 is 0 Å². The minimum Gasteiger partial charge on any atom is -0.494 e. The topological polar surface area (TPSA) is 56.2 Å². The van der Waals surface area contributed by atoms with Crippen molar-refractivity contribution in [1.29, 1.82) is 0 Å². The molecule has 0 spiro atoms. The lowest BCUT2D eigenvalue weighted by atomic mass is 10.2. The number of fused-ring (bicyclic) bond motifs is 1. The molecule has 0 unspecified atom stereocenters. The summed E-state index contributed by atoms with van der Waals surface area (Å²) in [6, 6.07) is 22.9. The van der Waals surface area contributed by atoms with Gasteiger partial charge in [-0.25, -0.2) is 4.98 Å². The van der Waals surface area contributed by atoms with Gasteiger partial charge in [0.2, 0.25) is 0 Å². The van der Waals surface area contributed by atoms with Crippen LogP contribution in [0.4, 0.5) is 0 Å². The van der Waals surface area contributed by atoms with Crippen molar-refractivity contribution in [1.82, 2.24) is 14.9 Å². The Labute approximate surface area is 206 Å². The molecule has 0 saturated heterocycles. The van der Waals surface area contributed by atoms with Gasteiger partial charge in [-0.05, 0) is 73.5 Å². The van der Waals surface area contributed by atoms with Gasteiger partial charge in [0, 0.05) is 34.6 Å². The minimum atomic E-state index is -0.0599. The smallest absolute Gasteiger partial charge is 0.251 e. The van der Waals surface area contributed by atoms with Gasteiger partial charge in [0.15, 0.2) is 0 Å². The van der Waals surface area contributed by atoms with Crippen LogP contribution in [0.15, 0.2) is 77.3 Å². The maximum atomic E-state index is 12.3. The van der Waals surface area contributed by atoms with Crippen molar-refractivity contribution in [3.63, 3.8) is 0 Å². The van der Waals surface area contributed by atoms with Gasteiger partial charge in [-0.2, -0.15) is 0 Å². The number of hydrogen-bond donors (Lipinski definition) is 1. The molecule has 4 aromatic rings. The number of para-hydroxylation sites is 2. The summed E-state index contributed by atoms with van der Waals surface area (Å²) in [6.07, 6.45) is 2.45. The van der Waals surface area contributed by atoms with E-state index in [4.69, 9.17) is 21.3 Å². The lowest BCUT2D eigenvalue weighted by Crippen LogP contribution is -2.25. The number of nitrogens with one attached hydrogen (secondary N) is 1. The average Bonchev–Trinajstić information content (AvgIpc) is 3.18. The van der Waals surface area contributed by atoms with Crippen LogP contribution in [0.5, 0.6) is 5.75 Å². The first-order valence-electron chi connectivity index (χ1n) is 11.0. The second-order valence-corrected chi connectivity index (χ2v) is 9.04. The number of rotatable bonds is 10. The Hall–Kier alpha value is -2.83. The van der Waals surface area contributed by atoms with Crippen LogP contribution in [0.25, 0.3) is 11.0 Å². The number of carbonyl (C=O) groups excluding carboxylic acids is 1. The molecule has 0 saturated carbocycles. The quantitative estimate of drug-likeness (QED) is 0.247. The summed E-state index contributed by atoms with van der Waals surface area (Å²) < 4.78 is 9.06. The number of halogens is 2. The highest BCUT2D eigenvalue weighted by Crippen LogP contribution is 2.19. The minimum absolute atomic E-state index is 0.0599. The van der Waals surface area contributed by atoms with E-state index < -0.39 is 0 Å². The fourth-order valence-electron chi connectivity index (χ4n) is 3.66. The summed E-state index contributed by atoms with van der Waals surface area (Å²) in [5.74, 6) is 1.78. The van der Waals surface area contributed by atoms with Gasteiger partial charge in [0.05, 0.1) is 17.6 Å². The third-order valence-corrected chi connectivity index (χ3v) is 6.09. The molecule has 0 aliphatic carbocycles. The van der Waals surface area contributed by atoms with E-state index in [2.05, 4.69) is 31.9 Å².